The summed E-state index contributed by atoms with van der Waals surface area (Å²) in [5, 5.41) is 9.70. The number of halogens is 3. The van der Waals surface area contributed by atoms with Gasteiger partial charge in [0, 0.05) is 13.1 Å². The van der Waals surface area contributed by atoms with Crippen LogP contribution < -0.4 is 0 Å². The molecule has 0 spiro atoms. The number of rotatable bonds is 0. The number of aliphatic hydroxyl groups is 1. The third-order valence-electron chi connectivity index (χ3n) is 2.75. The highest BCUT2D eigenvalue weighted by molar-refractivity contribution is 5.36. The lowest BCUT2D eigenvalue weighted by atomic mass is 9.95. The lowest BCUT2D eigenvalue weighted by Crippen LogP contribution is -2.30. The molecule has 0 aliphatic carbocycles. The molecule has 1 aliphatic heterocycles. The van der Waals surface area contributed by atoms with Gasteiger partial charge in [0.25, 0.3) is 0 Å². The van der Waals surface area contributed by atoms with Crippen molar-refractivity contribution >= 4 is 0 Å². The first-order chi connectivity index (χ1) is 7.38. The molecule has 0 saturated carbocycles. The van der Waals surface area contributed by atoms with Crippen molar-refractivity contribution in [1.29, 1.82) is 0 Å². The maximum absolute atomic E-state index is 12.5. The van der Waals surface area contributed by atoms with Gasteiger partial charge in [-0.2, -0.15) is 13.2 Å². The van der Waals surface area contributed by atoms with E-state index in [4.69, 9.17) is 0 Å². The van der Waals surface area contributed by atoms with Crippen molar-refractivity contribution in [3.05, 3.63) is 34.9 Å². The molecule has 88 valence electrons. The number of likely N-dealkylation sites (N-methyl/N-ethyl adjacent to an activating group) is 1. The van der Waals surface area contributed by atoms with E-state index in [1.165, 1.54) is 6.07 Å². The number of β-amino-alcohol motifs (C(OH)–C–C–N with tert-alkyl or cyclic N) is 1. The molecule has 0 radical (unpaired) electrons. The van der Waals surface area contributed by atoms with E-state index in [0.717, 1.165) is 12.1 Å². The number of benzene rings is 1. The normalized spacial score (nSPS) is 21.9. The zero-order valence-electron chi connectivity index (χ0n) is 8.75. The molecule has 1 aromatic carbocycles. The Balaban J connectivity index is 2.42. The summed E-state index contributed by atoms with van der Waals surface area (Å²) in [7, 11) is 1.77. The summed E-state index contributed by atoms with van der Waals surface area (Å²) in [4.78, 5) is 1.80. The molecule has 5 heteroatoms. The van der Waals surface area contributed by atoms with Gasteiger partial charge in [0.15, 0.2) is 0 Å². The van der Waals surface area contributed by atoms with E-state index < -0.39 is 17.8 Å². The average molecular weight is 231 g/mol. The predicted octanol–water partition coefficient (Wildman–Crippen LogP) is 2.18. The minimum Gasteiger partial charge on any atom is -0.387 e. The third-order valence-corrected chi connectivity index (χ3v) is 2.75. The fourth-order valence-electron chi connectivity index (χ4n) is 1.99. The van der Waals surface area contributed by atoms with Crippen LogP contribution in [0, 0.1) is 0 Å². The Morgan fingerprint density at radius 2 is 2.06 bits per heavy atom. The van der Waals surface area contributed by atoms with Gasteiger partial charge in [0.05, 0.1) is 11.7 Å². The SMILES string of the molecule is CN1Cc2cc(C(F)(F)F)ccc2[C@@H](O)C1. The van der Waals surface area contributed by atoms with Crippen LogP contribution in [-0.4, -0.2) is 23.6 Å². The van der Waals surface area contributed by atoms with Gasteiger partial charge in [-0.3, -0.25) is 4.90 Å². The second-order valence-electron chi connectivity index (χ2n) is 4.12. The molecule has 0 amide bonds. The minimum absolute atomic E-state index is 0.441. The molecule has 1 heterocycles. The molecule has 0 fully saturated rings. The van der Waals surface area contributed by atoms with Crippen LogP contribution in [0.2, 0.25) is 0 Å². The summed E-state index contributed by atoms with van der Waals surface area (Å²) in [5.41, 5.74) is 0.496. The molecule has 1 N–H and O–H groups in total. The van der Waals surface area contributed by atoms with Gasteiger partial charge in [-0.05, 0) is 30.3 Å². The zero-order chi connectivity index (χ0) is 11.9. The molecule has 16 heavy (non-hydrogen) atoms. The van der Waals surface area contributed by atoms with Gasteiger partial charge in [-0.25, -0.2) is 0 Å². The van der Waals surface area contributed by atoms with E-state index in [1.54, 1.807) is 11.9 Å². The summed E-state index contributed by atoms with van der Waals surface area (Å²) in [6.07, 6.45) is -5.02. The molecular weight excluding hydrogens is 219 g/mol. The van der Waals surface area contributed by atoms with Crippen molar-refractivity contribution in [2.75, 3.05) is 13.6 Å². The molecule has 0 saturated heterocycles. The fourth-order valence-corrected chi connectivity index (χ4v) is 1.99. The first-order valence-corrected chi connectivity index (χ1v) is 4.94. The van der Waals surface area contributed by atoms with Crippen molar-refractivity contribution in [2.45, 2.75) is 18.8 Å². The standard InChI is InChI=1S/C11H12F3NO/c1-15-5-7-4-8(11(12,13)14)2-3-9(7)10(16)6-15/h2-4,10,16H,5-6H2,1H3/t10-/m0/s1. The van der Waals surface area contributed by atoms with Crippen LogP contribution in [0.1, 0.15) is 22.8 Å². The predicted molar refractivity (Wildman–Crippen MR) is 52.7 cm³/mol. The van der Waals surface area contributed by atoms with Crippen molar-refractivity contribution in [3.63, 3.8) is 0 Å². The Morgan fingerprint density at radius 3 is 2.69 bits per heavy atom. The minimum atomic E-state index is -4.32. The number of aliphatic hydroxyl groups excluding tert-OH is 1. The van der Waals surface area contributed by atoms with Crippen LogP contribution >= 0.6 is 0 Å². The van der Waals surface area contributed by atoms with Crippen molar-refractivity contribution in [3.8, 4) is 0 Å². The molecule has 0 bridgehead atoms. The first-order valence-electron chi connectivity index (χ1n) is 4.94. The highest BCUT2D eigenvalue weighted by atomic mass is 19.4. The summed E-state index contributed by atoms with van der Waals surface area (Å²) < 4.78 is 37.4. The maximum atomic E-state index is 12.5. The van der Waals surface area contributed by atoms with Crippen LogP contribution in [0.5, 0.6) is 0 Å². The Morgan fingerprint density at radius 1 is 1.38 bits per heavy atom. The van der Waals surface area contributed by atoms with E-state index in [9.17, 15) is 18.3 Å². The van der Waals surface area contributed by atoms with E-state index in [-0.39, 0.29) is 0 Å². The van der Waals surface area contributed by atoms with Crippen LogP contribution in [-0.2, 0) is 12.7 Å². The highest BCUT2D eigenvalue weighted by Gasteiger charge is 2.32. The Hall–Kier alpha value is -1.07. The van der Waals surface area contributed by atoms with Gasteiger partial charge in [0.1, 0.15) is 0 Å². The molecular formula is C11H12F3NO. The second kappa shape index (κ2) is 3.75. The molecule has 1 aromatic rings. The molecule has 2 rings (SSSR count). The summed E-state index contributed by atoms with van der Waals surface area (Å²) in [6, 6.07) is 3.51. The highest BCUT2D eigenvalue weighted by Crippen LogP contribution is 2.33. The Kier molecular flexibility index (Phi) is 2.67. The number of hydrogen-bond donors (Lipinski definition) is 1. The van der Waals surface area contributed by atoms with E-state index >= 15 is 0 Å². The van der Waals surface area contributed by atoms with Gasteiger partial charge >= 0.3 is 6.18 Å². The smallest absolute Gasteiger partial charge is 0.387 e. The van der Waals surface area contributed by atoms with Crippen LogP contribution in [0.15, 0.2) is 18.2 Å². The van der Waals surface area contributed by atoms with Crippen molar-refractivity contribution in [2.24, 2.45) is 0 Å². The molecule has 1 aliphatic rings. The Bertz CT molecular complexity index is 403. The number of hydrogen-bond acceptors (Lipinski definition) is 2. The summed E-state index contributed by atoms with van der Waals surface area (Å²) in [6.45, 7) is 0.897. The van der Waals surface area contributed by atoms with Gasteiger partial charge in [-0.1, -0.05) is 6.07 Å². The van der Waals surface area contributed by atoms with E-state index in [2.05, 4.69) is 0 Å². The number of fused-ring (bicyclic) bond motifs is 1. The van der Waals surface area contributed by atoms with Crippen molar-refractivity contribution in [1.82, 2.24) is 4.90 Å². The van der Waals surface area contributed by atoms with Crippen LogP contribution in [0.4, 0.5) is 13.2 Å². The first kappa shape index (κ1) is 11.4. The molecule has 2 nitrogen and oxygen atoms in total. The van der Waals surface area contributed by atoms with Gasteiger partial charge in [-0.15, -0.1) is 0 Å². The zero-order valence-corrected chi connectivity index (χ0v) is 8.75. The van der Waals surface area contributed by atoms with Crippen LogP contribution in [0.3, 0.4) is 0 Å². The Labute approximate surface area is 91.3 Å². The summed E-state index contributed by atoms with van der Waals surface area (Å²) >= 11 is 0. The van der Waals surface area contributed by atoms with E-state index in [1.807, 2.05) is 0 Å². The largest absolute Gasteiger partial charge is 0.416 e. The van der Waals surface area contributed by atoms with E-state index in [0.29, 0.717) is 24.2 Å². The summed E-state index contributed by atoms with van der Waals surface area (Å²) in [5.74, 6) is 0. The third kappa shape index (κ3) is 2.05. The van der Waals surface area contributed by atoms with Gasteiger partial charge in [0.2, 0.25) is 0 Å². The molecule has 0 unspecified atom stereocenters. The second-order valence-corrected chi connectivity index (χ2v) is 4.12. The van der Waals surface area contributed by atoms with Crippen LogP contribution in [0.25, 0.3) is 0 Å². The number of nitrogens with zero attached hydrogens (tertiary/aromatic N) is 1. The lowest BCUT2D eigenvalue weighted by Gasteiger charge is -2.29. The fraction of sp³-hybridized carbons (Fsp3) is 0.455. The lowest BCUT2D eigenvalue weighted by molar-refractivity contribution is -0.137. The quantitative estimate of drug-likeness (QED) is 0.739. The molecule has 0 aromatic heterocycles. The average Bonchev–Trinajstić information content (AvgIpc) is 2.15. The molecule has 1 atom stereocenters. The maximum Gasteiger partial charge on any atom is 0.416 e. The van der Waals surface area contributed by atoms with Gasteiger partial charge < -0.3 is 5.11 Å². The number of alkyl halides is 3. The topological polar surface area (TPSA) is 23.5 Å². The monoisotopic (exact) mass is 231 g/mol. The van der Waals surface area contributed by atoms with Crippen molar-refractivity contribution < 1.29 is 18.3 Å².